The van der Waals surface area contributed by atoms with Gasteiger partial charge in [-0.15, -0.1) is 0 Å². The number of aromatic nitrogens is 4. The number of amides is 2. The molecule has 2 amide bonds. The zero-order chi connectivity index (χ0) is 15.6. The molecule has 0 atom stereocenters. The fourth-order valence-corrected chi connectivity index (χ4v) is 2.79. The summed E-state index contributed by atoms with van der Waals surface area (Å²) >= 11 is 1.13. The maximum atomic E-state index is 10.7. The van der Waals surface area contributed by atoms with Gasteiger partial charge in [0.25, 0.3) is 0 Å². The minimum Gasteiger partial charge on any atom is -0.481 e. The number of nitrogens with zero attached hydrogens (tertiary/aromatic N) is 4. The van der Waals surface area contributed by atoms with Gasteiger partial charge in [0.05, 0.1) is 11.4 Å². The van der Waals surface area contributed by atoms with E-state index in [4.69, 9.17) is 10.8 Å². The van der Waals surface area contributed by atoms with Gasteiger partial charge >= 0.3 is 12.0 Å². The van der Waals surface area contributed by atoms with Crippen molar-refractivity contribution < 1.29 is 14.7 Å². The predicted molar refractivity (Wildman–Crippen MR) is 77.2 cm³/mol. The van der Waals surface area contributed by atoms with Crippen LogP contribution in [0.25, 0.3) is 11.2 Å². The molecule has 0 saturated carbocycles. The average Bonchev–Trinajstić information content (AvgIpc) is 2.86. The van der Waals surface area contributed by atoms with Gasteiger partial charge in [-0.3, -0.25) is 9.48 Å². The van der Waals surface area contributed by atoms with Crippen LogP contribution in [0.4, 0.5) is 4.79 Å². The molecular weight excluding hydrogens is 296 g/mol. The van der Waals surface area contributed by atoms with Crippen LogP contribution in [0.2, 0.25) is 0 Å². The van der Waals surface area contributed by atoms with Crippen LogP contribution in [0.15, 0.2) is 5.16 Å². The Balaban J connectivity index is 2.33. The predicted octanol–water partition coefficient (Wildman–Crippen LogP) is -0.0768. The number of aliphatic carboxylic acids is 1. The molecule has 4 N–H and O–H groups in total. The number of nitrogens with one attached hydrogen (secondary N) is 1. The van der Waals surface area contributed by atoms with Crippen LogP contribution in [0.3, 0.4) is 0 Å². The number of hydrogen-bond donors (Lipinski definition) is 3. The normalized spacial score (nSPS) is 11.0. The first-order chi connectivity index (χ1) is 9.90. The quantitative estimate of drug-likeness (QED) is 0.640. The average molecular weight is 312 g/mol. The van der Waals surface area contributed by atoms with Crippen molar-refractivity contribution in [2.24, 2.45) is 12.8 Å². The zero-order valence-corrected chi connectivity index (χ0v) is 12.5. The Morgan fingerprint density at radius 2 is 2.19 bits per heavy atom. The van der Waals surface area contributed by atoms with Crippen LogP contribution in [0, 0.1) is 6.92 Å². The van der Waals surface area contributed by atoms with Crippen LogP contribution in [-0.2, 0) is 18.4 Å². The highest BCUT2D eigenvalue weighted by molar-refractivity contribution is 7.99. The van der Waals surface area contributed by atoms with E-state index >= 15 is 0 Å². The van der Waals surface area contributed by atoms with Crippen molar-refractivity contribution in [3.8, 4) is 0 Å². The van der Waals surface area contributed by atoms with Gasteiger partial charge < -0.3 is 20.7 Å². The molecule has 0 radical (unpaired) electrons. The van der Waals surface area contributed by atoms with Gasteiger partial charge in [-0.2, -0.15) is 5.10 Å². The number of hydrogen-bond acceptors (Lipinski definition) is 5. The van der Waals surface area contributed by atoms with Crippen LogP contribution in [-0.4, -0.2) is 48.7 Å². The molecule has 0 unspecified atom stereocenters. The molecule has 10 heteroatoms. The summed E-state index contributed by atoms with van der Waals surface area (Å²) in [6.07, 6.45) is 0. The fraction of sp³-hybridized carbons (Fsp3) is 0.455. The number of nitrogens with two attached hydrogens (primary N) is 1. The van der Waals surface area contributed by atoms with Crippen LogP contribution >= 0.6 is 11.8 Å². The molecule has 21 heavy (non-hydrogen) atoms. The lowest BCUT2D eigenvalue weighted by atomic mass is 10.4. The third kappa shape index (κ3) is 3.27. The maximum Gasteiger partial charge on any atom is 0.313 e. The summed E-state index contributed by atoms with van der Waals surface area (Å²) in [4.78, 5) is 25.9. The largest absolute Gasteiger partial charge is 0.481 e. The molecule has 0 bridgehead atoms. The SMILES string of the molecule is Cc1nn(C)c2c1nc(SCC(=O)O)n2CCNC(N)=O. The number of imidazole rings is 1. The summed E-state index contributed by atoms with van der Waals surface area (Å²) in [5, 5.41) is 16.2. The number of carboxylic acids is 1. The zero-order valence-electron chi connectivity index (χ0n) is 11.7. The van der Waals surface area contributed by atoms with E-state index in [1.54, 1.807) is 11.7 Å². The molecule has 9 nitrogen and oxygen atoms in total. The second kappa shape index (κ2) is 6.04. The molecule has 114 valence electrons. The summed E-state index contributed by atoms with van der Waals surface area (Å²) < 4.78 is 3.52. The van der Waals surface area contributed by atoms with E-state index in [0.29, 0.717) is 18.2 Å². The number of rotatable bonds is 6. The molecular formula is C11H16N6O3S. The molecule has 2 heterocycles. The molecule has 2 aromatic rings. The van der Waals surface area contributed by atoms with Crippen LogP contribution in [0.1, 0.15) is 5.69 Å². The second-order valence-corrected chi connectivity index (χ2v) is 5.34. The van der Waals surface area contributed by atoms with Gasteiger partial charge in [0.2, 0.25) is 0 Å². The molecule has 0 aliphatic carbocycles. The molecule has 0 saturated heterocycles. The molecule has 2 aromatic heterocycles. The number of urea groups is 1. The third-order valence-corrected chi connectivity index (χ3v) is 3.78. The number of carboxylic acid groups (broad SMARTS) is 1. The van der Waals surface area contributed by atoms with Gasteiger partial charge in [0, 0.05) is 20.1 Å². The van der Waals surface area contributed by atoms with Crippen molar-refractivity contribution >= 4 is 34.9 Å². The molecule has 0 aromatic carbocycles. The van der Waals surface area contributed by atoms with Gasteiger partial charge in [0.15, 0.2) is 10.8 Å². The van der Waals surface area contributed by atoms with Crippen molar-refractivity contribution in [3.05, 3.63) is 5.69 Å². The van der Waals surface area contributed by atoms with E-state index in [1.807, 2.05) is 11.5 Å². The second-order valence-electron chi connectivity index (χ2n) is 4.40. The van der Waals surface area contributed by atoms with Crippen molar-refractivity contribution in [1.82, 2.24) is 24.6 Å². The van der Waals surface area contributed by atoms with E-state index in [9.17, 15) is 9.59 Å². The molecule has 0 fully saturated rings. The lowest BCUT2D eigenvalue weighted by molar-refractivity contribution is -0.133. The Hall–Kier alpha value is -2.23. The molecule has 0 aliphatic rings. The minimum atomic E-state index is -0.913. The van der Waals surface area contributed by atoms with E-state index in [1.165, 1.54) is 0 Å². The first-order valence-corrected chi connectivity index (χ1v) is 7.16. The van der Waals surface area contributed by atoms with Crippen molar-refractivity contribution in [2.75, 3.05) is 12.3 Å². The van der Waals surface area contributed by atoms with Crippen molar-refractivity contribution in [3.63, 3.8) is 0 Å². The van der Waals surface area contributed by atoms with E-state index in [-0.39, 0.29) is 5.75 Å². The summed E-state index contributed by atoms with van der Waals surface area (Å²) in [6, 6.07) is -0.604. The van der Waals surface area contributed by atoms with Gasteiger partial charge in [-0.05, 0) is 6.92 Å². The Morgan fingerprint density at radius 1 is 1.48 bits per heavy atom. The van der Waals surface area contributed by atoms with E-state index in [0.717, 1.165) is 28.6 Å². The van der Waals surface area contributed by atoms with Crippen molar-refractivity contribution in [1.29, 1.82) is 0 Å². The van der Waals surface area contributed by atoms with Gasteiger partial charge in [0.1, 0.15) is 5.52 Å². The summed E-state index contributed by atoms with van der Waals surface area (Å²) in [5.74, 6) is -0.998. The van der Waals surface area contributed by atoms with Gasteiger partial charge in [-0.25, -0.2) is 9.78 Å². The number of carbonyl (C=O) groups is 2. The van der Waals surface area contributed by atoms with Crippen LogP contribution in [0.5, 0.6) is 0 Å². The Morgan fingerprint density at radius 3 is 2.81 bits per heavy atom. The number of aryl methyl sites for hydroxylation is 2. The molecule has 0 spiro atoms. The maximum absolute atomic E-state index is 10.7. The Labute approximate surface area is 124 Å². The first-order valence-electron chi connectivity index (χ1n) is 6.18. The number of carbonyl (C=O) groups excluding carboxylic acids is 1. The number of fused-ring (bicyclic) bond motifs is 1. The lowest BCUT2D eigenvalue weighted by Crippen LogP contribution is -2.32. The standard InChI is InChI=1S/C11H16N6O3S/c1-6-8-9(16(2)15-6)17(4-3-13-10(12)20)11(14-8)21-5-7(18)19/h3-5H2,1-2H3,(H,18,19)(H3,12,13,20). The fourth-order valence-electron chi connectivity index (χ4n) is 2.04. The number of thioether (sulfide) groups is 1. The minimum absolute atomic E-state index is 0.0843. The topological polar surface area (TPSA) is 128 Å². The highest BCUT2D eigenvalue weighted by atomic mass is 32.2. The van der Waals surface area contributed by atoms with E-state index < -0.39 is 12.0 Å². The molecule has 0 aliphatic heterocycles. The van der Waals surface area contributed by atoms with Gasteiger partial charge in [-0.1, -0.05) is 11.8 Å². The Bertz CT molecular complexity index is 692. The number of primary amides is 1. The monoisotopic (exact) mass is 312 g/mol. The van der Waals surface area contributed by atoms with Crippen molar-refractivity contribution in [2.45, 2.75) is 18.6 Å². The van der Waals surface area contributed by atoms with E-state index in [2.05, 4.69) is 15.4 Å². The summed E-state index contributed by atoms with van der Waals surface area (Å²) in [6.45, 7) is 2.60. The Kier molecular flexibility index (Phi) is 4.36. The summed E-state index contributed by atoms with van der Waals surface area (Å²) in [5.41, 5.74) is 7.32. The highest BCUT2D eigenvalue weighted by Gasteiger charge is 2.18. The molecule has 2 rings (SSSR count). The van der Waals surface area contributed by atoms with Crippen LogP contribution < -0.4 is 11.1 Å². The highest BCUT2D eigenvalue weighted by Crippen LogP contribution is 2.25. The smallest absolute Gasteiger partial charge is 0.313 e. The summed E-state index contributed by atoms with van der Waals surface area (Å²) in [7, 11) is 1.79. The lowest BCUT2D eigenvalue weighted by Gasteiger charge is -2.08. The third-order valence-electron chi connectivity index (χ3n) is 2.81. The first kappa shape index (κ1) is 15.2.